The molecule has 0 aromatic heterocycles. The predicted octanol–water partition coefficient (Wildman–Crippen LogP) is 1.98. The zero-order valence-electron chi connectivity index (χ0n) is 8.27. The molecule has 0 fully saturated rings. The van der Waals surface area contributed by atoms with Crippen molar-refractivity contribution in [2.75, 3.05) is 0 Å². The zero-order chi connectivity index (χ0) is 11.6. The molecule has 0 saturated heterocycles. The van der Waals surface area contributed by atoms with Gasteiger partial charge in [-0.3, -0.25) is 14.9 Å². The number of nitro benzene ring substituents is 1. The van der Waals surface area contributed by atoms with Crippen LogP contribution in [-0.4, -0.2) is 10.7 Å². The zero-order valence-corrected chi connectivity index (χ0v) is 8.27. The molecule has 15 heavy (non-hydrogen) atoms. The van der Waals surface area contributed by atoms with E-state index in [0.29, 0.717) is 5.56 Å². The minimum Gasteiger partial charge on any atom is -0.294 e. The second-order valence-electron chi connectivity index (χ2n) is 3.08. The number of benzene rings is 1. The fourth-order valence-electron chi connectivity index (χ4n) is 1.41. The smallest absolute Gasteiger partial charge is 0.287 e. The van der Waals surface area contributed by atoms with Crippen LogP contribution in [0.4, 0.5) is 5.69 Å². The molecule has 1 aromatic carbocycles. The Morgan fingerprint density at radius 1 is 1.53 bits per heavy atom. The van der Waals surface area contributed by atoms with Crippen LogP contribution >= 0.6 is 0 Å². The lowest BCUT2D eigenvalue weighted by atomic mass is 9.98. The molecule has 0 unspecified atom stereocenters. The van der Waals surface area contributed by atoms with Crippen LogP contribution in [0.1, 0.15) is 28.4 Å². The first-order valence-corrected chi connectivity index (χ1v) is 4.18. The van der Waals surface area contributed by atoms with E-state index >= 15 is 0 Å². The third kappa shape index (κ3) is 1.83. The molecule has 1 rings (SSSR count). The average molecular weight is 204 g/mol. The van der Waals surface area contributed by atoms with E-state index in [0.717, 1.165) is 0 Å². The van der Waals surface area contributed by atoms with Crippen molar-refractivity contribution >= 4 is 11.5 Å². The largest absolute Gasteiger partial charge is 0.294 e. The molecule has 0 spiro atoms. The second-order valence-corrected chi connectivity index (χ2v) is 3.08. The molecule has 0 aliphatic carbocycles. The van der Waals surface area contributed by atoms with Gasteiger partial charge in [-0.1, -0.05) is 6.07 Å². The maximum absolute atomic E-state index is 11.2. The first-order chi connectivity index (χ1) is 6.99. The normalized spacial score (nSPS) is 9.40. The highest BCUT2D eigenvalue weighted by Gasteiger charge is 2.21. The lowest BCUT2D eigenvalue weighted by Gasteiger charge is -2.04. The molecule has 0 saturated carbocycles. The Bertz CT molecular complexity index is 486. The molecular weight excluding hydrogens is 196 g/mol. The van der Waals surface area contributed by atoms with Crippen LogP contribution in [0.2, 0.25) is 0 Å². The number of rotatable bonds is 2. The predicted molar refractivity (Wildman–Crippen MR) is 52.6 cm³/mol. The van der Waals surface area contributed by atoms with Crippen molar-refractivity contribution in [3.8, 4) is 6.07 Å². The topological polar surface area (TPSA) is 84.0 Å². The molecule has 0 radical (unpaired) electrons. The SMILES string of the molecule is CC(=O)c1c(C)ccc([N+](=O)[O-])c1C#N. The van der Waals surface area contributed by atoms with Gasteiger partial charge in [0.15, 0.2) is 5.78 Å². The minimum absolute atomic E-state index is 0.131. The van der Waals surface area contributed by atoms with Crippen molar-refractivity contribution in [3.63, 3.8) is 0 Å². The van der Waals surface area contributed by atoms with E-state index in [4.69, 9.17) is 5.26 Å². The Kier molecular flexibility index (Phi) is 2.81. The summed E-state index contributed by atoms with van der Waals surface area (Å²) in [6.07, 6.45) is 0. The van der Waals surface area contributed by atoms with Crippen LogP contribution in [0.3, 0.4) is 0 Å². The van der Waals surface area contributed by atoms with Gasteiger partial charge >= 0.3 is 0 Å². The number of Topliss-reactive ketones (excluding diaryl/α,β-unsaturated/α-hetero) is 1. The monoisotopic (exact) mass is 204 g/mol. The van der Waals surface area contributed by atoms with E-state index < -0.39 is 4.92 Å². The summed E-state index contributed by atoms with van der Waals surface area (Å²) in [5, 5.41) is 19.4. The molecule has 0 bridgehead atoms. The van der Waals surface area contributed by atoms with Gasteiger partial charge in [-0.25, -0.2) is 0 Å². The fraction of sp³-hybridized carbons (Fsp3) is 0.200. The minimum atomic E-state index is -0.662. The highest BCUT2D eigenvalue weighted by atomic mass is 16.6. The molecule has 0 aliphatic heterocycles. The molecule has 0 aliphatic rings. The third-order valence-corrected chi connectivity index (χ3v) is 2.05. The average Bonchev–Trinajstić information content (AvgIpc) is 2.15. The molecule has 1 aromatic rings. The number of carbonyl (C=O) groups is 1. The van der Waals surface area contributed by atoms with Crippen molar-refractivity contribution < 1.29 is 9.72 Å². The highest BCUT2D eigenvalue weighted by Crippen LogP contribution is 2.24. The van der Waals surface area contributed by atoms with Crippen molar-refractivity contribution in [3.05, 3.63) is 38.9 Å². The van der Waals surface area contributed by atoms with Crippen molar-refractivity contribution in [1.29, 1.82) is 5.26 Å². The molecule has 0 amide bonds. The summed E-state index contributed by atoms with van der Waals surface area (Å²) in [5.41, 5.74) is 0.220. The van der Waals surface area contributed by atoms with Gasteiger partial charge in [0.2, 0.25) is 0 Å². The van der Waals surface area contributed by atoms with E-state index in [-0.39, 0.29) is 22.6 Å². The number of hydrogen-bond donors (Lipinski definition) is 0. The number of nitrogens with zero attached hydrogens (tertiary/aromatic N) is 2. The Morgan fingerprint density at radius 2 is 2.13 bits per heavy atom. The van der Waals surface area contributed by atoms with Gasteiger partial charge in [0.25, 0.3) is 5.69 Å². The Labute approximate surface area is 86.1 Å². The van der Waals surface area contributed by atoms with Crippen LogP contribution in [0, 0.1) is 28.4 Å². The highest BCUT2D eigenvalue weighted by molar-refractivity contribution is 5.99. The molecule has 5 heteroatoms. The van der Waals surface area contributed by atoms with E-state index in [1.54, 1.807) is 13.0 Å². The van der Waals surface area contributed by atoms with Gasteiger partial charge in [-0.2, -0.15) is 5.26 Å². The van der Waals surface area contributed by atoms with Crippen molar-refractivity contribution in [2.45, 2.75) is 13.8 Å². The quantitative estimate of drug-likeness (QED) is 0.418. The summed E-state index contributed by atoms with van der Waals surface area (Å²) in [5.74, 6) is -0.340. The summed E-state index contributed by atoms with van der Waals surface area (Å²) in [7, 11) is 0. The van der Waals surface area contributed by atoms with Crippen LogP contribution in [0.5, 0.6) is 0 Å². The summed E-state index contributed by atoms with van der Waals surface area (Å²) in [6.45, 7) is 2.92. The summed E-state index contributed by atoms with van der Waals surface area (Å²) in [4.78, 5) is 21.2. The number of nitro groups is 1. The van der Waals surface area contributed by atoms with Crippen LogP contribution in [0.25, 0.3) is 0 Å². The molecule has 76 valence electrons. The first-order valence-electron chi connectivity index (χ1n) is 4.18. The Hall–Kier alpha value is -2.22. The number of nitriles is 1. The summed E-state index contributed by atoms with van der Waals surface area (Å²) in [6, 6.07) is 4.41. The Balaban J connectivity index is 3.64. The van der Waals surface area contributed by atoms with E-state index in [9.17, 15) is 14.9 Å². The fourth-order valence-corrected chi connectivity index (χ4v) is 1.41. The lowest BCUT2D eigenvalue weighted by molar-refractivity contribution is -0.385. The number of aryl methyl sites for hydroxylation is 1. The number of carbonyl (C=O) groups excluding carboxylic acids is 1. The molecule has 0 atom stereocenters. The molecule has 0 heterocycles. The maximum Gasteiger partial charge on any atom is 0.287 e. The lowest BCUT2D eigenvalue weighted by Crippen LogP contribution is -2.04. The Morgan fingerprint density at radius 3 is 2.53 bits per heavy atom. The standard InChI is InChI=1S/C10H8N2O3/c1-6-3-4-9(12(14)15)8(5-11)10(6)7(2)13/h3-4H,1-2H3. The van der Waals surface area contributed by atoms with Crippen molar-refractivity contribution in [1.82, 2.24) is 0 Å². The summed E-state index contributed by atoms with van der Waals surface area (Å²) >= 11 is 0. The van der Waals surface area contributed by atoms with Gasteiger partial charge < -0.3 is 0 Å². The number of ketones is 1. The molecular formula is C10H8N2O3. The molecule has 0 N–H and O–H groups in total. The first kappa shape index (κ1) is 10.9. The second kappa shape index (κ2) is 3.88. The van der Waals surface area contributed by atoms with Gasteiger partial charge in [-0.15, -0.1) is 0 Å². The summed E-state index contributed by atoms with van der Waals surface area (Å²) < 4.78 is 0. The van der Waals surface area contributed by atoms with Crippen LogP contribution in [0.15, 0.2) is 12.1 Å². The van der Waals surface area contributed by atoms with Crippen LogP contribution < -0.4 is 0 Å². The molecule has 5 nitrogen and oxygen atoms in total. The van der Waals surface area contributed by atoms with E-state index in [2.05, 4.69) is 0 Å². The van der Waals surface area contributed by atoms with Gasteiger partial charge in [-0.05, 0) is 19.4 Å². The van der Waals surface area contributed by atoms with Gasteiger partial charge in [0.05, 0.1) is 4.92 Å². The van der Waals surface area contributed by atoms with E-state index in [1.807, 2.05) is 0 Å². The van der Waals surface area contributed by atoms with Crippen molar-refractivity contribution in [2.24, 2.45) is 0 Å². The third-order valence-electron chi connectivity index (χ3n) is 2.05. The maximum atomic E-state index is 11.2. The van der Waals surface area contributed by atoms with Gasteiger partial charge in [0, 0.05) is 11.6 Å². The van der Waals surface area contributed by atoms with Crippen LogP contribution in [-0.2, 0) is 0 Å². The number of hydrogen-bond acceptors (Lipinski definition) is 4. The van der Waals surface area contributed by atoms with E-state index in [1.165, 1.54) is 19.1 Å². The van der Waals surface area contributed by atoms with Gasteiger partial charge in [0.1, 0.15) is 11.6 Å².